The largest absolute Gasteiger partial charge is 0.357 e. The van der Waals surface area contributed by atoms with Crippen molar-refractivity contribution >= 4 is 17.3 Å². The first kappa shape index (κ1) is 19.8. The molecule has 0 bridgehead atoms. The van der Waals surface area contributed by atoms with Crippen LogP contribution in [-0.4, -0.2) is 41.5 Å². The lowest BCUT2D eigenvalue weighted by Gasteiger charge is -2.34. The number of fused-ring (bicyclic) bond motifs is 1. The zero-order chi connectivity index (χ0) is 19.1. The molecule has 1 atom stereocenters. The van der Waals surface area contributed by atoms with E-state index in [0.29, 0.717) is 12.6 Å². The van der Waals surface area contributed by atoms with Crippen molar-refractivity contribution in [1.82, 2.24) is 20.5 Å². The fourth-order valence-electron chi connectivity index (χ4n) is 3.34. The Morgan fingerprint density at radius 1 is 1.26 bits per heavy atom. The molecule has 1 unspecified atom stereocenters. The second-order valence-corrected chi connectivity index (χ2v) is 8.19. The predicted octanol–water partition coefficient (Wildman–Crippen LogP) is 3.21. The first-order chi connectivity index (χ1) is 13.2. The van der Waals surface area contributed by atoms with E-state index in [-0.39, 0.29) is 0 Å². The summed E-state index contributed by atoms with van der Waals surface area (Å²) in [6, 6.07) is 9.25. The van der Waals surface area contributed by atoms with Gasteiger partial charge in [-0.05, 0) is 37.8 Å². The molecule has 0 fully saturated rings. The van der Waals surface area contributed by atoms with Crippen LogP contribution in [0.1, 0.15) is 41.8 Å². The number of nitrogens with zero attached hydrogens (tertiary/aromatic N) is 3. The molecule has 5 nitrogen and oxygen atoms in total. The van der Waals surface area contributed by atoms with Crippen LogP contribution in [0.25, 0.3) is 0 Å². The van der Waals surface area contributed by atoms with Gasteiger partial charge in [-0.25, -0.2) is 9.98 Å². The van der Waals surface area contributed by atoms with Crippen LogP contribution in [0.2, 0.25) is 0 Å². The maximum Gasteiger partial charge on any atom is 0.191 e. The van der Waals surface area contributed by atoms with E-state index in [9.17, 15) is 0 Å². The lowest BCUT2D eigenvalue weighted by atomic mass is 9.99. The van der Waals surface area contributed by atoms with Crippen molar-refractivity contribution in [3.8, 4) is 0 Å². The molecule has 0 saturated carbocycles. The van der Waals surface area contributed by atoms with Crippen molar-refractivity contribution in [2.24, 2.45) is 4.99 Å². The van der Waals surface area contributed by atoms with Crippen molar-refractivity contribution in [2.75, 3.05) is 19.6 Å². The molecule has 1 aromatic carbocycles. The van der Waals surface area contributed by atoms with Crippen LogP contribution >= 0.6 is 11.3 Å². The van der Waals surface area contributed by atoms with Gasteiger partial charge >= 0.3 is 0 Å². The zero-order valence-electron chi connectivity index (χ0n) is 16.7. The molecule has 3 rings (SSSR count). The minimum Gasteiger partial charge on any atom is -0.357 e. The van der Waals surface area contributed by atoms with Gasteiger partial charge in [0.05, 0.1) is 6.54 Å². The number of aromatic nitrogens is 1. The number of thiazole rings is 1. The molecule has 0 amide bonds. The first-order valence-electron chi connectivity index (χ1n) is 9.96. The van der Waals surface area contributed by atoms with E-state index in [1.165, 1.54) is 16.0 Å². The molecule has 0 saturated heterocycles. The van der Waals surface area contributed by atoms with Crippen LogP contribution in [0.15, 0.2) is 35.5 Å². The van der Waals surface area contributed by atoms with E-state index in [1.54, 1.807) is 11.3 Å². The van der Waals surface area contributed by atoms with Crippen LogP contribution < -0.4 is 10.6 Å². The first-order valence-corrected chi connectivity index (χ1v) is 10.8. The highest BCUT2D eigenvalue weighted by molar-refractivity contribution is 7.11. The second kappa shape index (κ2) is 9.85. The standard InChI is InChI=1S/C21H31N5S/c1-4-19-13-23-20(27-19)14-25-21(22-5-2)24-12-16(3)26-11-10-17-8-6-7-9-18(17)15-26/h6-9,13,16H,4-5,10-12,14-15H2,1-3H3,(H2,22,24,25). The number of hydrogen-bond acceptors (Lipinski definition) is 4. The third-order valence-corrected chi connectivity index (χ3v) is 6.14. The molecule has 146 valence electrons. The average molecular weight is 386 g/mol. The number of aryl methyl sites for hydroxylation is 1. The normalized spacial score (nSPS) is 16.0. The summed E-state index contributed by atoms with van der Waals surface area (Å²) in [5.74, 6) is 0.870. The molecular formula is C21H31N5S. The number of nitrogens with one attached hydrogen (secondary N) is 2. The third-order valence-electron chi connectivity index (χ3n) is 5.01. The molecule has 1 aliphatic heterocycles. The summed E-state index contributed by atoms with van der Waals surface area (Å²) in [4.78, 5) is 13.0. The van der Waals surface area contributed by atoms with E-state index < -0.39 is 0 Å². The lowest BCUT2D eigenvalue weighted by Crippen LogP contribution is -2.47. The number of aliphatic imine (C=N–C) groups is 1. The van der Waals surface area contributed by atoms with E-state index in [0.717, 1.165) is 50.0 Å². The maximum absolute atomic E-state index is 4.71. The summed E-state index contributed by atoms with van der Waals surface area (Å²) >= 11 is 1.75. The molecule has 2 heterocycles. The molecule has 2 N–H and O–H groups in total. The van der Waals surface area contributed by atoms with Gasteiger partial charge in [-0.15, -0.1) is 11.3 Å². The number of hydrogen-bond donors (Lipinski definition) is 2. The number of guanidine groups is 1. The topological polar surface area (TPSA) is 52.6 Å². The SMILES string of the molecule is CCNC(=NCc1ncc(CC)s1)NCC(C)N1CCc2ccccc2C1. The summed E-state index contributed by atoms with van der Waals surface area (Å²) in [7, 11) is 0. The van der Waals surface area contributed by atoms with Crippen LogP contribution in [0.3, 0.4) is 0 Å². The monoisotopic (exact) mass is 385 g/mol. The van der Waals surface area contributed by atoms with Gasteiger partial charge in [0.15, 0.2) is 5.96 Å². The molecule has 2 aromatic rings. The molecule has 6 heteroatoms. The summed E-state index contributed by atoms with van der Waals surface area (Å²) in [5, 5.41) is 7.93. The van der Waals surface area contributed by atoms with E-state index in [1.807, 2.05) is 6.20 Å². The fraction of sp³-hybridized carbons (Fsp3) is 0.524. The van der Waals surface area contributed by atoms with E-state index >= 15 is 0 Å². The van der Waals surface area contributed by atoms with E-state index in [4.69, 9.17) is 4.99 Å². The molecule has 1 aliphatic rings. The average Bonchev–Trinajstić information content (AvgIpc) is 3.17. The molecule has 0 spiro atoms. The summed E-state index contributed by atoms with van der Waals surface area (Å²) in [6.07, 6.45) is 4.14. The maximum atomic E-state index is 4.71. The summed E-state index contributed by atoms with van der Waals surface area (Å²) in [5.41, 5.74) is 2.96. The summed E-state index contributed by atoms with van der Waals surface area (Å²) in [6.45, 7) is 11.1. The fourth-order valence-corrected chi connectivity index (χ4v) is 4.13. The van der Waals surface area contributed by atoms with Gasteiger partial charge in [0.1, 0.15) is 5.01 Å². The Kier molecular flexibility index (Phi) is 7.24. The lowest BCUT2D eigenvalue weighted by molar-refractivity contribution is 0.191. The van der Waals surface area contributed by atoms with Crippen LogP contribution in [0.5, 0.6) is 0 Å². The smallest absolute Gasteiger partial charge is 0.191 e. The Bertz CT molecular complexity index is 755. The third kappa shape index (κ3) is 5.53. The zero-order valence-corrected chi connectivity index (χ0v) is 17.5. The predicted molar refractivity (Wildman–Crippen MR) is 114 cm³/mol. The Morgan fingerprint density at radius 3 is 2.81 bits per heavy atom. The summed E-state index contributed by atoms with van der Waals surface area (Å²) < 4.78 is 0. The Morgan fingerprint density at radius 2 is 2.07 bits per heavy atom. The molecule has 27 heavy (non-hydrogen) atoms. The highest BCUT2D eigenvalue weighted by atomic mass is 32.1. The van der Waals surface area contributed by atoms with Crippen LogP contribution in [0.4, 0.5) is 0 Å². The molecule has 0 radical (unpaired) electrons. The van der Waals surface area contributed by atoms with Gasteiger partial charge in [-0.2, -0.15) is 0 Å². The second-order valence-electron chi connectivity index (χ2n) is 6.99. The molecule has 1 aromatic heterocycles. The van der Waals surface area contributed by atoms with Crippen molar-refractivity contribution in [1.29, 1.82) is 0 Å². The van der Waals surface area contributed by atoms with E-state index in [2.05, 4.69) is 65.6 Å². The van der Waals surface area contributed by atoms with Crippen LogP contribution in [0, 0.1) is 0 Å². The van der Waals surface area contributed by atoms with Gasteiger partial charge in [0, 0.05) is 43.3 Å². The number of benzene rings is 1. The quantitative estimate of drug-likeness (QED) is 0.568. The van der Waals surface area contributed by atoms with Gasteiger partial charge < -0.3 is 10.6 Å². The number of rotatable bonds is 7. The molecule has 0 aliphatic carbocycles. The molecular weight excluding hydrogens is 354 g/mol. The van der Waals surface area contributed by atoms with Gasteiger partial charge in [0.2, 0.25) is 0 Å². The van der Waals surface area contributed by atoms with Gasteiger partial charge in [-0.3, -0.25) is 4.90 Å². The van der Waals surface area contributed by atoms with Crippen molar-refractivity contribution in [3.63, 3.8) is 0 Å². The van der Waals surface area contributed by atoms with Gasteiger partial charge in [0.25, 0.3) is 0 Å². The Balaban J connectivity index is 1.53. The highest BCUT2D eigenvalue weighted by Gasteiger charge is 2.20. The van der Waals surface area contributed by atoms with Crippen molar-refractivity contribution in [2.45, 2.75) is 52.7 Å². The highest BCUT2D eigenvalue weighted by Crippen LogP contribution is 2.20. The minimum atomic E-state index is 0.453. The van der Waals surface area contributed by atoms with Crippen molar-refractivity contribution < 1.29 is 0 Å². The van der Waals surface area contributed by atoms with Crippen LogP contribution in [-0.2, 0) is 25.9 Å². The van der Waals surface area contributed by atoms with Gasteiger partial charge in [-0.1, -0.05) is 31.2 Å². The minimum absolute atomic E-state index is 0.453. The Labute approximate surface area is 166 Å². The Hall–Kier alpha value is -1.92. The van der Waals surface area contributed by atoms with Crippen molar-refractivity contribution in [3.05, 3.63) is 51.5 Å².